The fourth-order valence-corrected chi connectivity index (χ4v) is 2.65. The molecule has 0 amide bonds. The quantitative estimate of drug-likeness (QED) is 0.430. The molecule has 2 aromatic carbocycles. The summed E-state index contributed by atoms with van der Waals surface area (Å²) in [5, 5.41) is 34.1. The average Bonchev–Trinajstić information content (AvgIpc) is 2.72. The van der Waals surface area contributed by atoms with Crippen LogP contribution in [-0.4, -0.2) is 58.5 Å². The lowest BCUT2D eigenvalue weighted by molar-refractivity contribution is -0.385. The summed E-state index contributed by atoms with van der Waals surface area (Å²) in [5.74, 6) is 0. The Morgan fingerprint density at radius 2 is 1.14 bits per heavy atom. The van der Waals surface area contributed by atoms with Crippen molar-refractivity contribution in [3.05, 3.63) is 79.9 Å². The number of piperazine rings is 1. The molecule has 1 fully saturated rings. The fourth-order valence-electron chi connectivity index (χ4n) is 2.65. The van der Waals surface area contributed by atoms with Gasteiger partial charge in [-0.05, 0) is 0 Å². The number of hydrogen-bond acceptors (Lipinski definition) is 8. The average molecular weight is 382 g/mol. The van der Waals surface area contributed by atoms with Gasteiger partial charge in [0.25, 0.3) is 11.4 Å². The summed E-state index contributed by atoms with van der Waals surface area (Å²) in [7, 11) is 0. The van der Waals surface area contributed by atoms with E-state index in [4.69, 9.17) is 0 Å². The third kappa shape index (κ3) is 5.10. The lowest BCUT2D eigenvalue weighted by atomic mass is 10.2. The first-order valence-electron chi connectivity index (χ1n) is 8.58. The van der Waals surface area contributed by atoms with Crippen LogP contribution in [0.4, 0.5) is 11.4 Å². The highest BCUT2D eigenvalue weighted by Crippen LogP contribution is 2.13. The molecule has 10 heteroatoms. The van der Waals surface area contributed by atoms with E-state index in [1.807, 2.05) is 10.0 Å². The molecule has 0 radical (unpaired) electrons. The number of non-ortho nitro benzene ring substituents is 2. The number of rotatable bonds is 6. The minimum atomic E-state index is -0.435. The maximum absolute atomic E-state index is 10.8. The molecule has 10 nitrogen and oxygen atoms in total. The molecule has 0 unspecified atom stereocenters. The van der Waals surface area contributed by atoms with Crippen molar-refractivity contribution in [1.82, 2.24) is 10.0 Å². The van der Waals surface area contributed by atoms with Crippen LogP contribution >= 0.6 is 0 Å². The predicted molar refractivity (Wildman–Crippen MR) is 105 cm³/mol. The fraction of sp³-hybridized carbons (Fsp3) is 0.222. The van der Waals surface area contributed by atoms with Crippen LogP contribution in [0.5, 0.6) is 0 Å². The predicted octanol–water partition coefficient (Wildman–Crippen LogP) is 2.49. The largest absolute Gasteiger partial charge is 0.293 e. The Balaban J connectivity index is 1.53. The maximum Gasteiger partial charge on any atom is 0.270 e. The molecular formula is C18H18N6O4. The number of nitrogens with zero attached hydrogens (tertiary/aromatic N) is 6. The molecule has 28 heavy (non-hydrogen) atoms. The summed E-state index contributed by atoms with van der Waals surface area (Å²) in [5.41, 5.74) is 1.40. The second-order valence-corrected chi connectivity index (χ2v) is 6.10. The molecule has 0 bridgehead atoms. The van der Waals surface area contributed by atoms with E-state index in [1.54, 1.807) is 36.7 Å². The molecule has 1 aliphatic rings. The molecule has 144 valence electrons. The van der Waals surface area contributed by atoms with Crippen LogP contribution in [0.1, 0.15) is 11.1 Å². The van der Waals surface area contributed by atoms with Crippen LogP contribution in [0.25, 0.3) is 0 Å². The smallest absolute Gasteiger partial charge is 0.270 e. The van der Waals surface area contributed by atoms with Crippen molar-refractivity contribution in [3.8, 4) is 0 Å². The molecule has 0 N–H and O–H groups in total. The van der Waals surface area contributed by atoms with Gasteiger partial charge in [0, 0.05) is 35.4 Å². The van der Waals surface area contributed by atoms with Crippen LogP contribution in [-0.2, 0) is 0 Å². The van der Waals surface area contributed by atoms with Gasteiger partial charge in [0.1, 0.15) is 0 Å². The maximum atomic E-state index is 10.8. The zero-order chi connectivity index (χ0) is 19.9. The van der Waals surface area contributed by atoms with E-state index in [9.17, 15) is 20.2 Å². The van der Waals surface area contributed by atoms with Crippen molar-refractivity contribution >= 4 is 23.8 Å². The summed E-state index contributed by atoms with van der Waals surface area (Å²) in [6.07, 6.45) is 3.21. The van der Waals surface area contributed by atoms with Gasteiger partial charge in [-0.2, -0.15) is 10.2 Å². The van der Waals surface area contributed by atoms with Gasteiger partial charge in [0.15, 0.2) is 0 Å². The molecular weight excluding hydrogens is 364 g/mol. The summed E-state index contributed by atoms with van der Waals surface area (Å²) in [6, 6.07) is 12.6. The van der Waals surface area contributed by atoms with E-state index in [-0.39, 0.29) is 11.4 Å². The van der Waals surface area contributed by atoms with Crippen LogP contribution in [0.15, 0.2) is 58.7 Å². The SMILES string of the molecule is O=[N+]([O-])c1cccc(/C=N\N2CCN(/N=C\c3cccc([N+](=O)[O-])c3)CC2)c1. The van der Waals surface area contributed by atoms with Gasteiger partial charge >= 0.3 is 0 Å². The van der Waals surface area contributed by atoms with E-state index < -0.39 is 9.85 Å². The minimum absolute atomic E-state index is 0.0317. The normalized spacial score (nSPS) is 14.7. The molecule has 0 saturated carbocycles. The first-order valence-corrected chi connectivity index (χ1v) is 8.58. The third-order valence-electron chi connectivity index (χ3n) is 4.13. The molecule has 1 aliphatic heterocycles. The third-order valence-corrected chi connectivity index (χ3v) is 4.13. The van der Waals surface area contributed by atoms with Gasteiger partial charge in [0.05, 0.1) is 48.5 Å². The van der Waals surface area contributed by atoms with Crippen molar-refractivity contribution in [2.24, 2.45) is 10.2 Å². The van der Waals surface area contributed by atoms with Crippen molar-refractivity contribution < 1.29 is 9.85 Å². The summed E-state index contributed by atoms with van der Waals surface area (Å²) in [6.45, 7) is 2.60. The summed E-state index contributed by atoms with van der Waals surface area (Å²) >= 11 is 0. The van der Waals surface area contributed by atoms with E-state index in [2.05, 4.69) is 10.2 Å². The number of hydrazone groups is 2. The zero-order valence-electron chi connectivity index (χ0n) is 14.9. The van der Waals surface area contributed by atoms with Gasteiger partial charge in [-0.25, -0.2) is 0 Å². The van der Waals surface area contributed by atoms with Gasteiger partial charge in [-0.3, -0.25) is 30.2 Å². The van der Waals surface area contributed by atoms with Gasteiger partial charge in [0.2, 0.25) is 0 Å². The number of hydrogen-bond donors (Lipinski definition) is 0. The van der Waals surface area contributed by atoms with Crippen molar-refractivity contribution in [2.75, 3.05) is 26.2 Å². The van der Waals surface area contributed by atoms with E-state index >= 15 is 0 Å². The topological polar surface area (TPSA) is 117 Å². The lowest BCUT2D eigenvalue weighted by Crippen LogP contribution is -2.41. The summed E-state index contributed by atoms with van der Waals surface area (Å²) < 4.78 is 0. The Bertz CT molecular complexity index is 846. The molecule has 0 aromatic heterocycles. The molecule has 3 rings (SSSR count). The van der Waals surface area contributed by atoms with E-state index in [0.29, 0.717) is 37.3 Å². The second-order valence-electron chi connectivity index (χ2n) is 6.10. The minimum Gasteiger partial charge on any atom is -0.293 e. The van der Waals surface area contributed by atoms with Crippen LogP contribution < -0.4 is 0 Å². The summed E-state index contributed by atoms with van der Waals surface area (Å²) in [4.78, 5) is 20.7. The molecule has 1 heterocycles. The Morgan fingerprint density at radius 3 is 1.50 bits per heavy atom. The van der Waals surface area contributed by atoms with Crippen LogP contribution in [0, 0.1) is 20.2 Å². The Kier molecular flexibility index (Phi) is 5.90. The van der Waals surface area contributed by atoms with Gasteiger partial charge in [-0.1, -0.05) is 24.3 Å². The highest BCUT2D eigenvalue weighted by atomic mass is 16.6. The molecule has 1 saturated heterocycles. The molecule has 0 atom stereocenters. The number of nitro benzene ring substituents is 2. The second kappa shape index (κ2) is 8.71. The van der Waals surface area contributed by atoms with Gasteiger partial charge in [-0.15, -0.1) is 0 Å². The van der Waals surface area contributed by atoms with E-state index in [1.165, 1.54) is 24.3 Å². The molecule has 0 aliphatic carbocycles. The van der Waals surface area contributed by atoms with Crippen molar-refractivity contribution in [3.63, 3.8) is 0 Å². The highest BCUT2D eigenvalue weighted by molar-refractivity contribution is 5.81. The molecule has 0 spiro atoms. The first-order chi connectivity index (χ1) is 13.5. The number of benzene rings is 2. The Hall–Kier alpha value is -3.82. The van der Waals surface area contributed by atoms with E-state index in [0.717, 1.165) is 0 Å². The first kappa shape index (κ1) is 19.0. The monoisotopic (exact) mass is 382 g/mol. The van der Waals surface area contributed by atoms with Crippen molar-refractivity contribution in [1.29, 1.82) is 0 Å². The standard InChI is InChI=1S/C18H18N6O4/c25-23(26)17-5-1-3-15(11-17)13-19-21-7-9-22(10-8-21)20-14-16-4-2-6-18(12-16)24(27)28/h1-6,11-14H,7-10H2/b19-13-,20-14-. The van der Waals surface area contributed by atoms with Crippen LogP contribution in [0.2, 0.25) is 0 Å². The lowest BCUT2D eigenvalue weighted by Gasteiger charge is -2.31. The van der Waals surface area contributed by atoms with Gasteiger partial charge < -0.3 is 0 Å². The Labute approximate surface area is 160 Å². The number of nitro groups is 2. The van der Waals surface area contributed by atoms with Crippen LogP contribution in [0.3, 0.4) is 0 Å². The Morgan fingerprint density at radius 1 is 0.750 bits per heavy atom. The van der Waals surface area contributed by atoms with Crippen molar-refractivity contribution in [2.45, 2.75) is 0 Å². The highest BCUT2D eigenvalue weighted by Gasteiger charge is 2.13. The zero-order valence-corrected chi connectivity index (χ0v) is 14.9. The molecule has 2 aromatic rings.